The molecule has 3 rings (SSSR count). The second-order valence-electron chi connectivity index (χ2n) is 8.29. The van der Waals surface area contributed by atoms with Gasteiger partial charge < -0.3 is 4.57 Å². The Kier molecular flexibility index (Phi) is 7.39. The zero-order valence-corrected chi connectivity index (χ0v) is 20.1. The number of carbonyl (C=O) groups is 1. The number of hydrogen-bond acceptors (Lipinski definition) is 3. The van der Waals surface area contributed by atoms with Crippen LogP contribution < -0.4 is 5.43 Å². The Hall–Kier alpha value is -2.79. The van der Waals surface area contributed by atoms with Crippen LogP contribution in [0.5, 0.6) is 0 Å². The lowest BCUT2D eigenvalue weighted by Gasteiger charge is -2.11. The normalized spacial score (nSPS) is 11.3. The number of thioether (sulfide) groups is 1. The number of aromatic nitrogens is 1. The SMILES string of the molecule is Cc1cc(C)cc(CSCC(=O)N/N=C\c2cc(C)n(-c3cc(C)cc(C)c3)c2C)c1. The summed E-state index contributed by atoms with van der Waals surface area (Å²) in [5, 5.41) is 4.19. The van der Waals surface area contributed by atoms with E-state index in [4.69, 9.17) is 0 Å². The predicted molar refractivity (Wildman–Crippen MR) is 133 cm³/mol. The Balaban J connectivity index is 1.59. The summed E-state index contributed by atoms with van der Waals surface area (Å²) < 4.78 is 2.23. The summed E-state index contributed by atoms with van der Waals surface area (Å²) in [4.78, 5) is 12.2. The molecule has 1 aromatic heterocycles. The van der Waals surface area contributed by atoms with Gasteiger partial charge in [0.25, 0.3) is 0 Å². The third kappa shape index (κ3) is 6.11. The molecule has 0 spiro atoms. The Morgan fingerprint density at radius 3 is 2.10 bits per heavy atom. The van der Waals surface area contributed by atoms with Gasteiger partial charge in [-0.2, -0.15) is 5.10 Å². The highest BCUT2D eigenvalue weighted by Crippen LogP contribution is 2.22. The number of hydrazone groups is 1. The van der Waals surface area contributed by atoms with Gasteiger partial charge in [-0.1, -0.05) is 35.4 Å². The molecular formula is C26H31N3OS. The van der Waals surface area contributed by atoms with Crippen LogP contribution in [0.2, 0.25) is 0 Å². The molecule has 0 fully saturated rings. The van der Waals surface area contributed by atoms with Gasteiger partial charge in [0.05, 0.1) is 12.0 Å². The number of aryl methyl sites for hydroxylation is 5. The second-order valence-corrected chi connectivity index (χ2v) is 9.28. The van der Waals surface area contributed by atoms with Gasteiger partial charge in [0.15, 0.2) is 0 Å². The number of hydrogen-bond donors (Lipinski definition) is 1. The first kappa shape index (κ1) is 22.9. The maximum absolute atomic E-state index is 12.2. The van der Waals surface area contributed by atoms with Gasteiger partial charge in [-0.3, -0.25) is 4.79 Å². The summed E-state index contributed by atoms with van der Waals surface area (Å²) in [6, 6.07) is 15.1. The summed E-state index contributed by atoms with van der Waals surface area (Å²) in [6.45, 7) is 12.6. The summed E-state index contributed by atoms with van der Waals surface area (Å²) in [5.74, 6) is 1.11. The number of benzene rings is 2. The number of nitrogens with zero attached hydrogens (tertiary/aromatic N) is 2. The molecule has 0 saturated heterocycles. The third-order valence-electron chi connectivity index (χ3n) is 5.11. The van der Waals surface area contributed by atoms with Gasteiger partial charge in [-0.15, -0.1) is 11.8 Å². The van der Waals surface area contributed by atoms with Crippen LogP contribution in [0.25, 0.3) is 5.69 Å². The lowest BCUT2D eigenvalue weighted by molar-refractivity contribution is -0.118. The van der Waals surface area contributed by atoms with E-state index < -0.39 is 0 Å². The summed E-state index contributed by atoms with van der Waals surface area (Å²) >= 11 is 1.60. The number of carbonyl (C=O) groups excluding carboxylic acids is 1. The van der Waals surface area contributed by atoms with Crippen LogP contribution >= 0.6 is 11.8 Å². The third-order valence-corrected chi connectivity index (χ3v) is 6.11. The Morgan fingerprint density at radius 1 is 0.903 bits per heavy atom. The molecule has 1 amide bonds. The zero-order chi connectivity index (χ0) is 22.5. The first-order chi connectivity index (χ1) is 14.7. The van der Waals surface area contributed by atoms with Crippen LogP contribution in [0, 0.1) is 41.5 Å². The molecule has 0 atom stereocenters. The van der Waals surface area contributed by atoms with Crippen molar-refractivity contribution in [1.29, 1.82) is 0 Å². The van der Waals surface area contributed by atoms with Crippen molar-refractivity contribution in [2.45, 2.75) is 47.3 Å². The molecule has 162 valence electrons. The molecule has 0 saturated carbocycles. The van der Waals surface area contributed by atoms with E-state index in [1.54, 1.807) is 18.0 Å². The van der Waals surface area contributed by atoms with E-state index in [1.165, 1.54) is 27.8 Å². The molecule has 0 radical (unpaired) electrons. The van der Waals surface area contributed by atoms with E-state index in [0.717, 1.165) is 28.4 Å². The van der Waals surface area contributed by atoms with Crippen LogP contribution in [0.1, 0.15) is 44.8 Å². The standard InChI is InChI=1S/C26H31N3OS/c1-17-7-18(2)10-23(9-17)15-31-16-26(30)28-27-14-24-13-21(5)29(22(24)6)25-11-19(3)8-20(4)12-25/h7-14H,15-16H2,1-6H3,(H,28,30)/b27-14-. The van der Waals surface area contributed by atoms with Crippen molar-refractivity contribution in [2.24, 2.45) is 5.10 Å². The fraction of sp³-hybridized carbons (Fsp3) is 0.308. The monoisotopic (exact) mass is 433 g/mol. The Bertz CT molecular complexity index is 1090. The molecule has 3 aromatic rings. The smallest absolute Gasteiger partial charge is 0.250 e. The quantitative estimate of drug-likeness (QED) is 0.383. The fourth-order valence-electron chi connectivity index (χ4n) is 4.02. The minimum Gasteiger partial charge on any atom is -0.318 e. The average molecular weight is 434 g/mol. The van der Waals surface area contributed by atoms with E-state index in [9.17, 15) is 4.79 Å². The number of amides is 1. The highest BCUT2D eigenvalue weighted by Gasteiger charge is 2.10. The molecule has 0 aliphatic carbocycles. The van der Waals surface area contributed by atoms with E-state index >= 15 is 0 Å². The van der Waals surface area contributed by atoms with Crippen LogP contribution in [0.3, 0.4) is 0 Å². The molecule has 31 heavy (non-hydrogen) atoms. The van der Waals surface area contributed by atoms with Crippen molar-refractivity contribution in [3.05, 3.63) is 87.2 Å². The van der Waals surface area contributed by atoms with E-state index in [0.29, 0.717) is 5.75 Å². The molecule has 5 heteroatoms. The van der Waals surface area contributed by atoms with Crippen molar-refractivity contribution < 1.29 is 4.79 Å². The minimum absolute atomic E-state index is 0.0891. The van der Waals surface area contributed by atoms with Gasteiger partial charge in [-0.25, -0.2) is 5.43 Å². The highest BCUT2D eigenvalue weighted by atomic mass is 32.2. The summed E-state index contributed by atoms with van der Waals surface area (Å²) in [5.41, 5.74) is 13.3. The minimum atomic E-state index is -0.0891. The predicted octanol–water partition coefficient (Wildman–Crippen LogP) is 5.71. The van der Waals surface area contributed by atoms with Crippen molar-refractivity contribution in [3.8, 4) is 5.69 Å². The van der Waals surface area contributed by atoms with Crippen LogP contribution in [0.4, 0.5) is 0 Å². The molecule has 0 aliphatic rings. The largest absolute Gasteiger partial charge is 0.318 e. The topological polar surface area (TPSA) is 46.4 Å². The van der Waals surface area contributed by atoms with E-state index in [2.05, 4.69) is 99.1 Å². The molecule has 1 N–H and O–H groups in total. The van der Waals surface area contributed by atoms with Gasteiger partial charge in [0, 0.05) is 28.4 Å². The van der Waals surface area contributed by atoms with Gasteiger partial charge >= 0.3 is 0 Å². The molecule has 0 bridgehead atoms. The highest BCUT2D eigenvalue weighted by molar-refractivity contribution is 7.99. The van der Waals surface area contributed by atoms with Crippen molar-refractivity contribution in [1.82, 2.24) is 9.99 Å². The first-order valence-electron chi connectivity index (χ1n) is 10.5. The molecule has 2 aromatic carbocycles. The second kappa shape index (κ2) is 10.0. The summed E-state index contributed by atoms with van der Waals surface area (Å²) in [6.07, 6.45) is 1.73. The van der Waals surface area contributed by atoms with E-state index in [1.807, 2.05) is 0 Å². The van der Waals surface area contributed by atoms with Gasteiger partial charge in [0.1, 0.15) is 0 Å². The van der Waals surface area contributed by atoms with Crippen molar-refractivity contribution in [3.63, 3.8) is 0 Å². The molecule has 0 unspecified atom stereocenters. The maximum atomic E-state index is 12.2. The lowest BCUT2D eigenvalue weighted by atomic mass is 10.1. The van der Waals surface area contributed by atoms with Crippen molar-refractivity contribution in [2.75, 3.05) is 5.75 Å². The average Bonchev–Trinajstić information content (AvgIpc) is 2.93. The first-order valence-corrected chi connectivity index (χ1v) is 11.6. The zero-order valence-electron chi connectivity index (χ0n) is 19.2. The van der Waals surface area contributed by atoms with Gasteiger partial charge in [0.2, 0.25) is 5.91 Å². The van der Waals surface area contributed by atoms with Crippen LogP contribution in [-0.2, 0) is 10.5 Å². The maximum Gasteiger partial charge on any atom is 0.250 e. The van der Waals surface area contributed by atoms with E-state index in [-0.39, 0.29) is 5.91 Å². The van der Waals surface area contributed by atoms with Crippen molar-refractivity contribution >= 4 is 23.9 Å². The fourth-order valence-corrected chi connectivity index (χ4v) is 4.77. The number of nitrogens with one attached hydrogen (secondary N) is 1. The van der Waals surface area contributed by atoms with Crippen LogP contribution in [-0.4, -0.2) is 22.4 Å². The molecule has 1 heterocycles. The molecular weight excluding hydrogens is 402 g/mol. The molecule has 4 nitrogen and oxygen atoms in total. The van der Waals surface area contributed by atoms with Gasteiger partial charge in [-0.05, 0) is 76.4 Å². The van der Waals surface area contributed by atoms with Crippen LogP contribution in [0.15, 0.2) is 47.6 Å². The number of rotatable bonds is 7. The Morgan fingerprint density at radius 2 is 1.48 bits per heavy atom. The molecule has 0 aliphatic heterocycles. The lowest BCUT2D eigenvalue weighted by Crippen LogP contribution is -2.19. The summed E-state index contributed by atoms with van der Waals surface area (Å²) in [7, 11) is 0. The Labute approximate surface area is 189 Å².